The molecule has 26 heavy (non-hydrogen) atoms. The normalized spacial score (nSPS) is 27.1. The Bertz CT molecular complexity index is 879. The van der Waals surface area contributed by atoms with E-state index in [1.807, 2.05) is 23.1 Å². The minimum Gasteiger partial charge on any atom is -0.396 e. The van der Waals surface area contributed by atoms with Crippen LogP contribution < -0.4 is 5.56 Å². The molecule has 1 aromatic carbocycles. The van der Waals surface area contributed by atoms with Gasteiger partial charge in [-0.1, -0.05) is 30.3 Å². The fraction of sp³-hybridized carbons (Fsp3) is 0.450. The molecule has 3 atom stereocenters. The van der Waals surface area contributed by atoms with Crippen LogP contribution in [-0.4, -0.2) is 44.6 Å². The van der Waals surface area contributed by atoms with Crippen molar-refractivity contribution in [2.24, 2.45) is 5.41 Å². The van der Waals surface area contributed by atoms with E-state index in [0.717, 1.165) is 31.2 Å². The highest BCUT2D eigenvalue weighted by Gasteiger charge is 2.57. The summed E-state index contributed by atoms with van der Waals surface area (Å²) in [5.74, 6) is 0.222. The third-order valence-corrected chi connectivity index (χ3v) is 5.96. The van der Waals surface area contributed by atoms with Crippen molar-refractivity contribution in [3.05, 3.63) is 63.8 Å². The molecule has 3 heterocycles. The summed E-state index contributed by atoms with van der Waals surface area (Å²) in [6.45, 7) is 1.72. The first kappa shape index (κ1) is 17.0. The number of H-pyrrole nitrogens is 1. The molecule has 0 spiro atoms. The molecule has 2 aliphatic heterocycles. The average molecular weight is 353 g/mol. The predicted molar refractivity (Wildman–Crippen MR) is 96.9 cm³/mol. The summed E-state index contributed by atoms with van der Waals surface area (Å²) < 4.78 is 0. The van der Waals surface area contributed by atoms with Gasteiger partial charge in [-0.2, -0.15) is 0 Å². The van der Waals surface area contributed by atoms with Gasteiger partial charge in [-0.3, -0.25) is 9.59 Å². The van der Waals surface area contributed by atoms with Gasteiger partial charge in [0.15, 0.2) is 0 Å². The number of nitrogens with one attached hydrogen (secondary N) is 1. The molecule has 2 saturated heterocycles. The van der Waals surface area contributed by atoms with Crippen molar-refractivity contribution in [1.82, 2.24) is 14.9 Å². The third kappa shape index (κ3) is 2.65. The zero-order valence-electron chi connectivity index (χ0n) is 14.8. The number of nitrogens with zero attached hydrogens (tertiary/aromatic N) is 2. The molecule has 0 saturated carbocycles. The van der Waals surface area contributed by atoms with Gasteiger partial charge in [-0.05, 0) is 38.2 Å². The zero-order valence-corrected chi connectivity index (χ0v) is 14.8. The molecule has 1 aromatic heterocycles. The van der Waals surface area contributed by atoms with Crippen LogP contribution in [0.5, 0.6) is 0 Å². The molecule has 136 valence electrons. The maximum Gasteiger partial charge on any atom is 0.263 e. The number of hydrogen-bond acceptors (Lipinski definition) is 4. The second kappa shape index (κ2) is 6.36. The fourth-order valence-corrected chi connectivity index (χ4v) is 4.79. The minimum atomic E-state index is -0.397. The van der Waals surface area contributed by atoms with Crippen LogP contribution in [0.15, 0.2) is 41.3 Å². The van der Waals surface area contributed by atoms with Crippen LogP contribution in [0.2, 0.25) is 0 Å². The van der Waals surface area contributed by atoms with Crippen molar-refractivity contribution in [3.8, 4) is 0 Å². The summed E-state index contributed by atoms with van der Waals surface area (Å²) in [6, 6.07) is 10.1. The number of aryl methyl sites for hydroxylation is 1. The number of carbonyl (C=O) groups excluding carboxylic acids is 1. The van der Waals surface area contributed by atoms with Gasteiger partial charge < -0.3 is 15.0 Å². The van der Waals surface area contributed by atoms with Gasteiger partial charge >= 0.3 is 0 Å². The standard InChI is InChI=1S/C20H23N3O3/c1-13-21-11-16(18(25)22-13)19(26)23-15-7-8-17(23)20(10-15,12-24)9-14-5-3-2-4-6-14/h2-6,11,15,17,24H,7-10,12H2,1H3,(H,21,22,25)/t15-,17+,20-/m1/s1. The van der Waals surface area contributed by atoms with E-state index in [4.69, 9.17) is 0 Å². The second-order valence-electron chi connectivity index (χ2n) is 7.56. The number of aromatic nitrogens is 2. The number of fused-ring (bicyclic) bond motifs is 2. The summed E-state index contributed by atoms with van der Waals surface area (Å²) in [6.07, 6.45) is 4.65. The lowest BCUT2D eigenvalue weighted by Gasteiger charge is -2.36. The van der Waals surface area contributed by atoms with Crippen LogP contribution in [0.25, 0.3) is 0 Å². The van der Waals surface area contributed by atoms with E-state index in [0.29, 0.717) is 5.82 Å². The van der Waals surface area contributed by atoms with E-state index in [-0.39, 0.29) is 35.6 Å². The number of carbonyl (C=O) groups is 1. The number of benzene rings is 1. The highest BCUT2D eigenvalue weighted by atomic mass is 16.3. The Morgan fingerprint density at radius 1 is 1.35 bits per heavy atom. The lowest BCUT2D eigenvalue weighted by molar-refractivity contribution is 0.0569. The van der Waals surface area contributed by atoms with Crippen molar-refractivity contribution in [2.75, 3.05) is 6.61 Å². The highest BCUT2D eigenvalue weighted by Crippen LogP contribution is 2.51. The maximum atomic E-state index is 13.1. The topological polar surface area (TPSA) is 86.3 Å². The monoisotopic (exact) mass is 353 g/mol. The number of rotatable bonds is 4. The zero-order chi connectivity index (χ0) is 18.3. The largest absolute Gasteiger partial charge is 0.396 e. The van der Waals surface area contributed by atoms with Gasteiger partial charge in [-0.15, -0.1) is 0 Å². The van der Waals surface area contributed by atoms with Crippen LogP contribution in [0.3, 0.4) is 0 Å². The summed E-state index contributed by atoms with van der Waals surface area (Å²) in [7, 11) is 0. The molecule has 6 nitrogen and oxygen atoms in total. The Balaban J connectivity index is 1.65. The average Bonchev–Trinajstić information content (AvgIpc) is 3.18. The van der Waals surface area contributed by atoms with Gasteiger partial charge in [0.05, 0.1) is 6.61 Å². The maximum absolute atomic E-state index is 13.1. The van der Waals surface area contributed by atoms with Crippen molar-refractivity contribution in [2.45, 2.75) is 44.7 Å². The summed E-state index contributed by atoms with van der Waals surface area (Å²) >= 11 is 0. The van der Waals surface area contributed by atoms with Gasteiger partial charge in [0.25, 0.3) is 11.5 Å². The molecule has 2 bridgehead atoms. The number of amides is 1. The highest BCUT2D eigenvalue weighted by molar-refractivity contribution is 5.94. The van der Waals surface area contributed by atoms with Crippen LogP contribution in [0, 0.1) is 12.3 Å². The fourth-order valence-electron chi connectivity index (χ4n) is 4.79. The lowest BCUT2D eigenvalue weighted by Crippen LogP contribution is -2.45. The molecule has 2 aliphatic rings. The minimum absolute atomic E-state index is 0.0370. The molecule has 2 fully saturated rings. The molecule has 2 aromatic rings. The van der Waals surface area contributed by atoms with Crippen LogP contribution in [0.4, 0.5) is 0 Å². The van der Waals surface area contributed by atoms with Crippen LogP contribution >= 0.6 is 0 Å². The molecule has 0 aliphatic carbocycles. The van der Waals surface area contributed by atoms with Crippen molar-refractivity contribution >= 4 is 5.91 Å². The first-order chi connectivity index (χ1) is 12.5. The molecule has 0 radical (unpaired) electrons. The van der Waals surface area contributed by atoms with Gasteiger partial charge in [0, 0.05) is 23.7 Å². The first-order valence-electron chi connectivity index (χ1n) is 9.07. The number of hydrogen-bond donors (Lipinski definition) is 2. The molecular weight excluding hydrogens is 330 g/mol. The van der Waals surface area contributed by atoms with Crippen molar-refractivity contribution in [3.63, 3.8) is 0 Å². The molecule has 1 amide bonds. The van der Waals surface area contributed by atoms with E-state index >= 15 is 0 Å². The molecule has 6 heteroatoms. The van der Waals surface area contributed by atoms with Crippen LogP contribution in [-0.2, 0) is 6.42 Å². The molecule has 4 rings (SSSR count). The van der Waals surface area contributed by atoms with Gasteiger partial charge in [0.2, 0.25) is 0 Å². The summed E-state index contributed by atoms with van der Waals surface area (Å²) in [5.41, 5.74) is 0.508. The Labute approximate surface area is 151 Å². The summed E-state index contributed by atoms with van der Waals surface area (Å²) in [5, 5.41) is 10.2. The second-order valence-corrected chi connectivity index (χ2v) is 7.56. The molecule has 0 unspecified atom stereocenters. The van der Waals surface area contributed by atoms with E-state index in [1.54, 1.807) is 6.92 Å². The Morgan fingerprint density at radius 2 is 2.12 bits per heavy atom. The smallest absolute Gasteiger partial charge is 0.263 e. The third-order valence-electron chi connectivity index (χ3n) is 5.96. The molecular formula is C20H23N3O3. The van der Waals surface area contributed by atoms with E-state index < -0.39 is 5.56 Å². The Hall–Kier alpha value is -2.47. The van der Waals surface area contributed by atoms with Crippen molar-refractivity contribution in [1.29, 1.82) is 0 Å². The first-order valence-corrected chi connectivity index (χ1v) is 9.07. The van der Waals surface area contributed by atoms with Crippen LogP contribution in [0.1, 0.15) is 41.0 Å². The van der Waals surface area contributed by atoms with E-state index in [2.05, 4.69) is 22.1 Å². The Kier molecular flexibility index (Phi) is 4.15. The number of aliphatic hydroxyl groups excluding tert-OH is 1. The SMILES string of the molecule is Cc1ncc(C(=O)N2[C@@H]3CC[C@H]2[C@](CO)(Cc2ccccc2)C3)c(=O)[nH]1. The Morgan fingerprint density at radius 3 is 2.81 bits per heavy atom. The van der Waals surface area contributed by atoms with E-state index in [1.165, 1.54) is 6.20 Å². The number of aliphatic hydroxyl groups is 1. The van der Waals surface area contributed by atoms with Gasteiger partial charge in [-0.25, -0.2) is 4.98 Å². The number of aromatic amines is 1. The van der Waals surface area contributed by atoms with E-state index in [9.17, 15) is 14.7 Å². The van der Waals surface area contributed by atoms with Gasteiger partial charge in [0.1, 0.15) is 11.4 Å². The quantitative estimate of drug-likeness (QED) is 0.876. The molecule has 2 N–H and O–H groups in total. The predicted octanol–water partition coefficient (Wildman–Crippen LogP) is 1.68. The summed E-state index contributed by atoms with van der Waals surface area (Å²) in [4.78, 5) is 33.8. The van der Waals surface area contributed by atoms with Crippen molar-refractivity contribution < 1.29 is 9.90 Å². The lowest BCUT2D eigenvalue weighted by atomic mass is 9.70.